The van der Waals surface area contributed by atoms with Crippen molar-refractivity contribution in [2.45, 2.75) is 6.92 Å². The second kappa shape index (κ2) is 3.58. The first-order chi connectivity index (χ1) is 7.02. The van der Waals surface area contributed by atoms with Crippen molar-refractivity contribution >= 4 is 34.1 Å². The molecule has 0 saturated carbocycles. The van der Waals surface area contributed by atoms with Gasteiger partial charge in [-0.3, -0.25) is 0 Å². The van der Waals surface area contributed by atoms with Gasteiger partial charge in [-0.1, -0.05) is 23.2 Å². The van der Waals surface area contributed by atoms with Crippen LogP contribution in [0, 0.1) is 18.6 Å². The molecule has 78 valence electrons. The highest BCUT2D eigenvalue weighted by molar-refractivity contribution is 6.39. The molecule has 1 heterocycles. The fourth-order valence-electron chi connectivity index (χ4n) is 1.32. The molecule has 5 heteroatoms. The molecule has 0 aliphatic carbocycles. The van der Waals surface area contributed by atoms with Gasteiger partial charge in [0.1, 0.15) is 22.3 Å². The lowest BCUT2D eigenvalue weighted by Gasteiger charge is -2.06. The molecule has 0 aliphatic heterocycles. The number of hydrogen-bond acceptors (Lipinski definition) is 1. The van der Waals surface area contributed by atoms with Crippen molar-refractivity contribution in [3.05, 3.63) is 39.5 Å². The average molecular weight is 248 g/mol. The van der Waals surface area contributed by atoms with Gasteiger partial charge < -0.3 is 0 Å². The first-order valence-electron chi connectivity index (χ1n) is 4.11. The van der Waals surface area contributed by atoms with Crippen LogP contribution in [0.2, 0.25) is 10.2 Å². The van der Waals surface area contributed by atoms with Gasteiger partial charge in [-0.25, -0.2) is 13.8 Å². The Morgan fingerprint density at radius 3 is 2.40 bits per heavy atom. The van der Waals surface area contributed by atoms with E-state index in [0.29, 0.717) is 5.56 Å². The third-order valence-electron chi connectivity index (χ3n) is 2.15. The second-order valence-electron chi connectivity index (χ2n) is 3.09. The third kappa shape index (κ3) is 1.56. The molecule has 0 radical (unpaired) electrons. The maximum absolute atomic E-state index is 13.4. The zero-order chi connectivity index (χ0) is 11.2. The Morgan fingerprint density at radius 1 is 1.13 bits per heavy atom. The van der Waals surface area contributed by atoms with E-state index in [4.69, 9.17) is 23.2 Å². The van der Waals surface area contributed by atoms with E-state index in [1.54, 1.807) is 6.92 Å². The monoisotopic (exact) mass is 247 g/mol. The van der Waals surface area contributed by atoms with Gasteiger partial charge in [0.05, 0.1) is 10.4 Å². The Labute approximate surface area is 94.6 Å². The molecule has 0 fully saturated rings. The predicted molar refractivity (Wildman–Crippen MR) is 56.4 cm³/mol. The lowest BCUT2D eigenvalue weighted by atomic mass is 10.1. The van der Waals surface area contributed by atoms with E-state index in [-0.39, 0.29) is 21.1 Å². The van der Waals surface area contributed by atoms with Gasteiger partial charge >= 0.3 is 0 Å². The van der Waals surface area contributed by atoms with Crippen LogP contribution in [-0.4, -0.2) is 4.98 Å². The lowest BCUT2D eigenvalue weighted by Crippen LogP contribution is -1.93. The van der Waals surface area contributed by atoms with Crippen molar-refractivity contribution < 1.29 is 8.78 Å². The summed E-state index contributed by atoms with van der Waals surface area (Å²) in [6.45, 7) is 1.60. The number of nitrogens with zero attached hydrogens (tertiary/aromatic N) is 1. The number of aromatic nitrogens is 1. The zero-order valence-corrected chi connectivity index (χ0v) is 9.13. The van der Waals surface area contributed by atoms with E-state index in [0.717, 1.165) is 12.1 Å². The molecule has 15 heavy (non-hydrogen) atoms. The SMILES string of the molecule is Cc1c(Cl)nc2c(F)ccc(F)c2c1Cl. The maximum atomic E-state index is 13.4. The molecular weight excluding hydrogens is 243 g/mol. The van der Waals surface area contributed by atoms with E-state index in [9.17, 15) is 8.78 Å². The largest absolute Gasteiger partial charge is 0.233 e. The number of benzene rings is 1. The van der Waals surface area contributed by atoms with Gasteiger partial charge in [-0.2, -0.15) is 0 Å². The van der Waals surface area contributed by atoms with Crippen LogP contribution >= 0.6 is 23.2 Å². The van der Waals surface area contributed by atoms with Crippen molar-refractivity contribution in [2.24, 2.45) is 0 Å². The Hall–Kier alpha value is -0.930. The summed E-state index contributed by atoms with van der Waals surface area (Å²) in [6, 6.07) is 2.01. The average Bonchev–Trinajstić information content (AvgIpc) is 2.20. The van der Waals surface area contributed by atoms with Gasteiger partial charge in [0.25, 0.3) is 0 Å². The number of pyridine rings is 1. The van der Waals surface area contributed by atoms with Crippen molar-refractivity contribution in [3.63, 3.8) is 0 Å². The van der Waals surface area contributed by atoms with Crippen LogP contribution < -0.4 is 0 Å². The minimum absolute atomic E-state index is 0.0291. The summed E-state index contributed by atoms with van der Waals surface area (Å²) < 4.78 is 26.7. The van der Waals surface area contributed by atoms with Crippen molar-refractivity contribution in [2.75, 3.05) is 0 Å². The Morgan fingerprint density at radius 2 is 1.73 bits per heavy atom. The topological polar surface area (TPSA) is 12.9 Å². The van der Waals surface area contributed by atoms with Gasteiger partial charge in [0.15, 0.2) is 0 Å². The molecule has 0 amide bonds. The highest BCUT2D eigenvalue weighted by atomic mass is 35.5. The van der Waals surface area contributed by atoms with E-state index >= 15 is 0 Å². The Kier molecular flexibility index (Phi) is 2.52. The quantitative estimate of drug-likeness (QED) is 0.639. The van der Waals surface area contributed by atoms with Crippen LogP contribution in [0.3, 0.4) is 0 Å². The van der Waals surface area contributed by atoms with Crippen LogP contribution in [0.1, 0.15) is 5.56 Å². The summed E-state index contributed by atoms with van der Waals surface area (Å²) >= 11 is 11.6. The zero-order valence-electron chi connectivity index (χ0n) is 7.61. The van der Waals surface area contributed by atoms with E-state index < -0.39 is 11.6 Å². The van der Waals surface area contributed by atoms with E-state index in [1.807, 2.05) is 0 Å². The molecule has 0 aliphatic rings. The first-order valence-corrected chi connectivity index (χ1v) is 4.87. The van der Waals surface area contributed by atoms with Crippen LogP contribution in [0.5, 0.6) is 0 Å². The summed E-state index contributed by atoms with van der Waals surface area (Å²) in [4.78, 5) is 3.76. The van der Waals surface area contributed by atoms with Gasteiger partial charge in [0, 0.05) is 5.56 Å². The molecule has 2 rings (SSSR count). The summed E-state index contributed by atoms with van der Waals surface area (Å²) in [6.07, 6.45) is 0. The van der Waals surface area contributed by atoms with Crippen molar-refractivity contribution in [1.29, 1.82) is 0 Å². The number of hydrogen-bond donors (Lipinski definition) is 0. The smallest absolute Gasteiger partial charge is 0.149 e. The molecule has 0 unspecified atom stereocenters. The lowest BCUT2D eigenvalue weighted by molar-refractivity contribution is 0.615. The summed E-state index contributed by atoms with van der Waals surface area (Å²) in [5, 5.41) is 0.151. The van der Waals surface area contributed by atoms with Crippen LogP contribution in [0.4, 0.5) is 8.78 Å². The molecule has 1 aromatic carbocycles. The van der Waals surface area contributed by atoms with Gasteiger partial charge in [0.2, 0.25) is 0 Å². The fraction of sp³-hybridized carbons (Fsp3) is 0.100. The minimum atomic E-state index is -0.643. The Bertz CT molecular complexity index is 555. The standard InChI is InChI=1S/C10H5Cl2F2N/c1-4-8(11)7-5(13)2-3-6(14)9(7)15-10(4)12/h2-3H,1H3. The molecule has 2 aromatic rings. The minimum Gasteiger partial charge on any atom is -0.233 e. The normalized spacial score (nSPS) is 11.0. The maximum Gasteiger partial charge on any atom is 0.149 e. The summed E-state index contributed by atoms with van der Waals surface area (Å²) in [5.41, 5.74) is 0.297. The molecule has 0 N–H and O–H groups in total. The number of halogens is 4. The predicted octanol–water partition coefficient (Wildman–Crippen LogP) is 4.13. The highest BCUT2D eigenvalue weighted by Gasteiger charge is 2.15. The molecular formula is C10H5Cl2F2N. The van der Waals surface area contributed by atoms with Gasteiger partial charge in [-0.15, -0.1) is 0 Å². The molecule has 0 atom stereocenters. The molecule has 1 aromatic heterocycles. The van der Waals surface area contributed by atoms with Crippen molar-refractivity contribution in [1.82, 2.24) is 4.98 Å². The van der Waals surface area contributed by atoms with Crippen LogP contribution in [0.15, 0.2) is 12.1 Å². The third-order valence-corrected chi connectivity index (χ3v) is 2.99. The second-order valence-corrected chi connectivity index (χ2v) is 3.83. The molecule has 1 nitrogen and oxygen atoms in total. The number of rotatable bonds is 0. The highest BCUT2D eigenvalue weighted by Crippen LogP contribution is 2.32. The van der Waals surface area contributed by atoms with Crippen LogP contribution in [-0.2, 0) is 0 Å². The van der Waals surface area contributed by atoms with Crippen molar-refractivity contribution in [3.8, 4) is 0 Å². The van der Waals surface area contributed by atoms with E-state index in [1.165, 1.54) is 0 Å². The molecule has 0 bridgehead atoms. The number of fused-ring (bicyclic) bond motifs is 1. The summed E-state index contributed by atoms with van der Waals surface area (Å²) in [5.74, 6) is -1.25. The summed E-state index contributed by atoms with van der Waals surface area (Å²) in [7, 11) is 0. The Balaban J connectivity index is 3.04. The van der Waals surface area contributed by atoms with Crippen LogP contribution in [0.25, 0.3) is 10.9 Å². The molecule has 0 spiro atoms. The fourth-order valence-corrected chi connectivity index (χ4v) is 1.82. The first kappa shape index (κ1) is 10.6. The van der Waals surface area contributed by atoms with E-state index in [2.05, 4.69) is 4.98 Å². The molecule has 0 saturated heterocycles. The van der Waals surface area contributed by atoms with Gasteiger partial charge in [-0.05, 0) is 19.1 Å².